The third-order valence-corrected chi connectivity index (χ3v) is 4.16. The topological polar surface area (TPSA) is 54.3 Å². The average molecular weight is 359 g/mol. The van der Waals surface area contributed by atoms with E-state index in [1.807, 2.05) is 30.5 Å². The molecule has 3 rings (SSSR count). The predicted octanol–water partition coefficient (Wildman–Crippen LogP) is 4.14. The fourth-order valence-corrected chi connectivity index (χ4v) is 2.90. The Morgan fingerprint density at radius 3 is 2.82 bits per heavy atom. The minimum Gasteiger partial charge on any atom is -0.508 e. The number of nitrogens with one attached hydrogen (secondary N) is 1. The predicted molar refractivity (Wildman–Crippen MR) is 91.0 cm³/mol. The number of aromatic nitrogens is 1. The van der Waals surface area contributed by atoms with Crippen molar-refractivity contribution in [3.05, 3.63) is 59.2 Å². The number of aromatic hydroxyl groups is 1. The van der Waals surface area contributed by atoms with Crippen molar-refractivity contribution < 1.29 is 9.90 Å². The van der Waals surface area contributed by atoms with Gasteiger partial charge in [-0.1, -0.05) is 28.1 Å². The Hall–Kier alpha value is -2.27. The van der Waals surface area contributed by atoms with Gasteiger partial charge < -0.3 is 15.0 Å². The summed E-state index contributed by atoms with van der Waals surface area (Å²) in [5.41, 5.74) is 1.70. The second-order valence-corrected chi connectivity index (χ2v) is 5.88. The first-order valence-electron chi connectivity index (χ1n) is 6.96. The lowest BCUT2D eigenvalue weighted by Gasteiger charge is -2.07. The van der Waals surface area contributed by atoms with Crippen molar-refractivity contribution >= 4 is 38.4 Å². The number of rotatable bonds is 4. The van der Waals surface area contributed by atoms with E-state index in [-0.39, 0.29) is 11.7 Å². The standard InChI is InChI=1S/C17H15BrN2O2/c18-15-5-2-6-16-14(15)7-9-20(16)10-8-17(22)19-12-3-1-4-13(21)11-12/h1-7,9,11,21H,8,10H2,(H,19,22). The molecule has 5 heteroatoms. The first-order valence-corrected chi connectivity index (χ1v) is 7.75. The van der Waals surface area contributed by atoms with Gasteiger partial charge in [-0.15, -0.1) is 0 Å². The summed E-state index contributed by atoms with van der Waals surface area (Å²) in [6, 6.07) is 14.6. The van der Waals surface area contributed by atoms with E-state index < -0.39 is 0 Å². The highest BCUT2D eigenvalue weighted by atomic mass is 79.9. The molecule has 0 radical (unpaired) electrons. The Bertz CT molecular complexity index is 826. The molecule has 0 bridgehead atoms. The summed E-state index contributed by atoms with van der Waals surface area (Å²) in [5.74, 6) is 0.0569. The van der Waals surface area contributed by atoms with Crippen LogP contribution in [0.5, 0.6) is 5.75 Å². The molecule has 4 nitrogen and oxygen atoms in total. The number of benzene rings is 2. The molecule has 0 unspecified atom stereocenters. The number of amides is 1. The lowest BCUT2D eigenvalue weighted by Crippen LogP contribution is -2.14. The van der Waals surface area contributed by atoms with Crippen molar-refractivity contribution in [2.24, 2.45) is 0 Å². The van der Waals surface area contributed by atoms with Gasteiger partial charge in [-0.2, -0.15) is 0 Å². The maximum absolute atomic E-state index is 12.0. The summed E-state index contributed by atoms with van der Waals surface area (Å²) in [6.45, 7) is 0.602. The highest BCUT2D eigenvalue weighted by molar-refractivity contribution is 9.10. The number of nitrogens with zero attached hydrogens (tertiary/aromatic N) is 1. The smallest absolute Gasteiger partial charge is 0.226 e. The fourth-order valence-electron chi connectivity index (χ4n) is 2.41. The van der Waals surface area contributed by atoms with Gasteiger partial charge in [-0.3, -0.25) is 4.79 Å². The molecule has 1 aromatic heterocycles. The van der Waals surface area contributed by atoms with E-state index in [0.29, 0.717) is 18.7 Å². The molecule has 0 spiro atoms. The Kier molecular flexibility index (Phi) is 4.15. The number of hydrogen-bond acceptors (Lipinski definition) is 2. The zero-order valence-electron chi connectivity index (χ0n) is 11.8. The number of fused-ring (bicyclic) bond motifs is 1. The molecule has 0 aliphatic carbocycles. The SMILES string of the molecule is O=C(CCn1ccc2c(Br)cccc21)Nc1cccc(O)c1. The number of aryl methyl sites for hydroxylation is 1. The van der Waals surface area contributed by atoms with Gasteiger partial charge in [0.15, 0.2) is 0 Å². The fraction of sp³-hybridized carbons (Fsp3) is 0.118. The molecule has 0 saturated heterocycles. The minimum absolute atomic E-state index is 0.0811. The lowest BCUT2D eigenvalue weighted by molar-refractivity contribution is -0.116. The Morgan fingerprint density at radius 2 is 2.00 bits per heavy atom. The van der Waals surface area contributed by atoms with Crippen LogP contribution in [0.3, 0.4) is 0 Å². The van der Waals surface area contributed by atoms with E-state index >= 15 is 0 Å². The normalized spacial score (nSPS) is 10.8. The molecule has 0 aliphatic heterocycles. The second-order valence-electron chi connectivity index (χ2n) is 5.03. The third-order valence-electron chi connectivity index (χ3n) is 3.47. The molecule has 22 heavy (non-hydrogen) atoms. The zero-order chi connectivity index (χ0) is 15.5. The van der Waals surface area contributed by atoms with Crippen molar-refractivity contribution in [1.82, 2.24) is 4.57 Å². The van der Waals surface area contributed by atoms with Crippen LogP contribution in [0.25, 0.3) is 10.9 Å². The second kappa shape index (κ2) is 6.23. The summed E-state index contributed by atoms with van der Waals surface area (Å²) in [7, 11) is 0. The maximum Gasteiger partial charge on any atom is 0.226 e. The lowest BCUT2D eigenvalue weighted by atomic mass is 10.2. The summed E-state index contributed by atoms with van der Waals surface area (Å²) < 4.78 is 3.11. The van der Waals surface area contributed by atoms with Gasteiger partial charge in [-0.25, -0.2) is 0 Å². The average Bonchev–Trinajstić information content (AvgIpc) is 2.90. The highest BCUT2D eigenvalue weighted by Crippen LogP contribution is 2.25. The zero-order valence-corrected chi connectivity index (χ0v) is 13.4. The Balaban J connectivity index is 1.66. The van der Waals surface area contributed by atoms with Gasteiger partial charge >= 0.3 is 0 Å². The van der Waals surface area contributed by atoms with Gasteiger partial charge in [0.2, 0.25) is 5.91 Å². The molecule has 0 atom stereocenters. The van der Waals surface area contributed by atoms with Crippen molar-refractivity contribution in [3.63, 3.8) is 0 Å². The number of anilines is 1. The van der Waals surface area contributed by atoms with E-state index in [2.05, 4.69) is 25.8 Å². The van der Waals surface area contributed by atoms with E-state index in [4.69, 9.17) is 0 Å². The number of phenolic OH excluding ortho intramolecular Hbond substituents is 1. The van der Waals surface area contributed by atoms with E-state index in [9.17, 15) is 9.90 Å². The summed E-state index contributed by atoms with van der Waals surface area (Å²) in [4.78, 5) is 12.0. The van der Waals surface area contributed by atoms with Crippen molar-refractivity contribution in [2.45, 2.75) is 13.0 Å². The molecule has 112 valence electrons. The number of halogens is 1. The van der Waals surface area contributed by atoms with Crippen LogP contribution >= 0.6 is 15.9 Å². The molecule has 2 N–H and O–H groups in total. The molecule has 1 amide bonds. The maximum atomic E-state index is 12.0. The molecule has 3 aromatic rings. The Labute approximate surface area is 136 Å². The van der Waals surface area contributed by atoms with Crippen LogP contribution in [0.1, 0.15) is 6.42 Å². The molecular formula is C17H15BrN2O2. The summed E-state index contributed by atoms with van der Waals surface area (Å²) in [5, 5.41) is 13.3. The number of carbonyl (C=O) groups is 1. The molecule has 0 saturated carbocycles. The van der Waals surface area contributed by atoms with Gasteiger partial charge in [0.1, 0.15) is 5.75 Å². The van der Waals surface area contributed by atoms with Gasteiger partial charge in [0.25, 0.3) is 0 Å². The van der Waals surface area contributed by atoms with Gasteiger partial charge in [0.05, 0.1) is 0 Å². The molecule has 0 aliphatic rings. The first-order chi connectivity index (χ1) is 10.6. The molecular weight excluding hydrogens is 344 g/mol. The number of carbonyl (C=O) groups excluding carboxylic acids is 1. The van der Waals surface area contributed by atoms with Crippen molar-refractivity contribution in [2.75, 3.05) is 5.32 Å². The van der Waals surface area contributed by atoms with Crippen molar-refractivity contribution in [3.8, 4) is 5.75 Å². The van der Waals surface area contributed by atoms with Crippen LogP contribution in [0, 0.1) is 0 Å². The van der Waals surface area contributed by atoms with E-state index in [0.717, 1.165) is 15.4 Å². The molecule has 2 aromatic carbocycles. The number of phenols is 1. The van der Waals surface area contributed by atoms with E-state index in [1.165, 1.54) is 6.07 Å². The quantitative estimate of drug-likeness (QED) is 0.736. The van der Waals surface area contributed by atoms with Crippen LogP contribution in [0.2, 0.25) is 0 Å². The van der Waals surface area contributed by atoms with Crippen molar-refractivity contribution in [1.29, 1.82) is 0 Å². The monoisotopic (exact) mass is 358 g/mol. The van der Waals surface area contributed by atoms with Gasteiger partial charge in [0, 0.05) is 46.3 Å². The third kappa shape index (κ3) is 3.14. The van der Waals surface area contributed by atoms with Crippen LogP contribution in [0.15, 0.2) is 59.2 Å². The summed E-state index contributed by atoms with van der Waals surface area (Å²) >= 11 is 3.52. The first kappa shape index (κ1) is 14.7. The molecule has 0 fully saturated rings. The highest BCUT2D eigenvalue weighted by Gasteiger charge is 2.07. The molecule has 1 heterocycles. The van der Waals surface area contributed by atoms with Crippen LogP contribution in [0.4, 0.5) is 5.69 Å². The Morgan fingerprint density at radius 1 is 1.18 bits per heavy atom. The largest absolute Gasteiger partial charge is 0.508 e. The van der Waals surface area contributed by atoms with Crippen LogP contribution in [-0.2, 0) is 11.3 Å². The van der Waals surface area contributed by atoms with Crippen LogP contribution in [-0.4, -0.2) is 15.6 Å². The van der Waals surface area contributed by atoms with Gasteiger partial charge in [-0.05, 0) is 30.3 Å². The van der Waals surface area contributed by atoms with E-state index in [1.54, 1.807) is 18.2 Å². The van der Waals surface area contributed by atoms with Crippen LogP contribution < -0.4 is 5.32 Å². The summed E-state index contributed by atoms with van der Waals surface area (Å²) in [6.07, 6.45) is 2.35. The minimum atomic E-state index is -0.0811. The number of hydrogen-bond donors (Lipinski definition) is 2.